The molecule has 0 aromatic rings. The van der Waals surface area contributed by atoms with Gasteiger partial charge in [0.15, 0.2) is 0 Å². The highest BCUT2D eigenvalue weighted by Gasteiger charge is 1.99. The summed E-state index contributed by atoms with van der Waals surface area (Å²) in [6, 6.07) is 0. The molecule has 0 radical (unpaired) electrons. The van der Waals surface area contributed by atoms with Crippen LogP contribution in [0.15, 0.2) is 12.2 Å². The average Bonchev–Trinajstić information content (AvgIpc) is 2.19. The lowest BCUT2D eigenvalue weighted by molar-refractivity contribution is -0.132. The molecule has 16 heavy (non-hydrogen) atoms. The lowest BCUT2D eigenvalue weighted by Gasteiger charge is -1.94. The summed E-state index contributed by atoms with van der Waals surface area (Å²) < 4.78 is 0. The number of rotatable bonds is 6. The summed E-state index contributed by atoms with van der Waals surface area (Å²) in [7, 11) is 0. The van der Waals surface area contributed by atoms with Crippen molar-refractivity contribution in [2.24, 2.45) is 0 Å². The molecule has 0 saturated carbocycles. The van der Waals surface area contributed by atoms with Crippen LogP contribution in [-0.4, -0.2) is 28.8 Å². The molecule has 5 nitrogen and oxygen atoms in total. The second-order valence-corrected chi connectivity index (χ2v) is 3.24. The third-order valence-corrected chi connectivity index (χ3v) is 1.66. The summed E-state index contributed by atoms with van der Waals surface area (Å²) in [6.07, 6.45) is 2.46. The standard InChI is InChI=1S/C6H10O2.C5H11NO2/c1-3-4-5(2)6(7)8;1-2-3-4-6-5(7)8/h2-4H2,1H3,(H,7,8);6H,2-4H2,1H3,(H,7,8). The quantitative estimate of drug-likeness (QED) is 0.484. The molecular weight excluding hydrogens is 210 g/mol. The fourth-order valence-corrected chi connectivity index (χ4v) is 0.781. The van der Waals surface area contributed by atoms with Crippen molar-refractivity contribution in [2.75, 3.05) is 6.54 Å². The van der Waals surface area contributed by atoms with Gasteiger partial charge in [-0.25, -0.2) is 9.59 Å². The minimum absolute atomic E-state index is 0.299. The molecule has 5 heteroatoms. The van der Waals surface area contributed by atoms with E-state index in [1.165, 1.54) is 0 Å². The van der Waals surface area contributed by atoms with Crippen LogP contribution < -0.4 is 5.32 Å². The van der Waals surface area contributed by atoms with Gasteiger partial charge in [0, 0.05) is 12.1 Å². The third-order valence-electron chi connectivity index (χ3n) is 1.66. The number of carbonyl (C=O) groups is 2. The van der Waals surface area contributed by atoms with Crippen LogP contribution in [0.25, 0.3) is 0 Å². The Morgan fingerprint density at radius 1 is 1.19 bits per heavy atom. The van der Waals surface area contributed by atoms with Gasteiger partial charge in [0.05, 0.1) is 0 Å². The van der Waals surface area contributed by atoms with Crippen LogP contribution in [-0.2, 0) is 4.79 Å². The number of unbranched alkanes of at least 4 members (excludes halogenated alkanes) is 1. The van der Waals surface area contributed by atoms with E-state index in [0.717, 1.165) is 19.3 Å². The molecule has 94 valence electrons. The molecule has 1 amide bonds. The molecule has 0 spiro atoms. The molecule has 0 aromatic carbocycles. The zero-order valence-corrected chi connectivity index (χ0v) is 9.95. The minimum Gasteiger partial charge on any atom is -0.478 e. The van der Waals surface area contributed by atoms with E-state index in [-0.39, 0.29) is 0 Å². The zero-order chi connectivity index (χ0) is 13.0. The van der Waals surface area contributed by atoms with Crippen LogP contribution >= 0.6 is 0 Å². The molecule has 0 aliphatic carbocycles. The molecule has 0 saturated heterocycles. The highest BCUT2D eigenvalue weighted by atomic mass is 16.4. The van der Waals surface area contributed by atoms with Crippen molar-refractivity contribution in [3.05, 3.63) is 12.2 Å². The number of nitrogens with one attached hydrogen (secondary N) is 1. The Bertz CT molecular complexity index is 226. The second-order valence-electron chi connectivity index (χ2n) is 3.24. The smallest absolute Gasteiger partial charge is 0.404 e. The monoisotopic (exact) mass is 231 g/mol. The maximum absolute atomic E-state index is 9.99. The van der Waals surface area contributed by atoms with Gasteiger partial charge < -0.3 is 15.5 Å². The van der Waals surface area contributed by atoms with E-state index < -0.39 is 12.1 Å². The van der Waals surface area contributed by atoms with Crippen molar-refractivity contribution in [1.29, 1.82) is 0 Å². The Kier molecular flexibility index (Phi) is 12.2. The van der Waals surface area contributed by atoms with Crippen molar-refractivity contribution < 1.29 is 19.8 Å². The van der Waals surface area contributed by atoms with Crippen molar-refractivity contribution in [1.82, 2.24) is 5.32 Å². The highest BCUT2D eigenvalue weighted by Crippen LogP contribution is 1.99. The second kappa shape index (κ2) is 11.6. The zero-order valence-electron chi connectivity index (χ0n) is 9.95. The fraction of sp³-hybridized carbons (Fsp3) is 0.636. The topological polar surface area (TPSA) is 86.6 Å². The van der Waals surface area contributed by atoms with E-state index in [1.54, 1.807) is 0 Å². The van der Waals surface area contributed by atoms with E-state index in [2.05, 4.69) is 11.9 Å². The van der Waals surface area contributed by atoms with Crippen molar-refractivity contribution in [2.45, 2.75) is 39.5 Å². The van der Waals surface area contributed by atoms with Gasteiger partial charge in [-0.2, -0.15) is 0 Å². The van der Waals surface area contributed by atoms with Crippen molar-refractivity contribution >= 4 is 12.1 Å². The molecule has 0 heterocycles. The summed E-state index contributed by atoms with van der Waals surface area (Å²) in [5.41, 5.74) is 0.299. The Morgan fingerprint density at radius 3 is 2.00 bits per heavy atom. The number of aliphatic carboxylic acids is 1. The highest BCUT2D eigenvalue weighted by molar-refractivity contribution is 5.85. The SMILES string of the molecule is C=C(CCC)C(=O)O.CCCCNC(=O)O. The first-order chi connectivity index (χ1) is 7.45. The molecule has 0 bridgehead atoms. The maximum Gasteiger partial charge on any atom is 0.404 e. The van der Waals surface area contributed by atoms with E-state index in [0.29, 0.717) is 18.5 Å². The van der Waals surface area contributed by atoms with Crippen LogP contribution in [0.3, 0.4) is 0 Å². The van der Waals surface area contributed by atoms with Gasteiger partial charge in [-0.3, -0.25) is 0 Å². The average molecular weight is 231 g/mol. The van der Waals surface area contributed by atoms with Gasteiger partial charge in [0.1, 0.15) is 0 Å². The summed E-state index contributed by atoms with van der Waals surface area (Å²) in [4.78, 5) is 19.8. The molecule has 3 N–H and O–H groups in total. The predicted octanol–water partition coefficient (Wildman–Crippen LogP) is 2.48. The largest absolute Gasteiger partial charge is 0.478 e. The molecule has 0 unspecified atom stereocenters. The number of carboxylic acids is 1. The molecular formula is C11H21NO4. The summed E-state index contributed by atoms with van der Waals surface area (Å²) in [5, 5.41) is 18.5. The van der Waals surface area contributed by atoms with E-state index in [4.69, 9.17) is 10.2 Å². The first-order valence-electron chi connectivity index (χ1n) is 5.33. The summed E-state index contributed by atoms with van der Waals surface area (Å²) in [6.45, 7) is 7.86. The minimum atomic E-state index is -0.932. The number of hydrogen-bond acceptors (Lipinski definition) is 2. The first kappa shape index (κ1) is 16.9. The lowest BCUT2D eigenvalue weighted by Crippen LogP contribution is -2.21. The number of hydrogen-bond donors (Lipinski definition) is 3. The van der Waals surface area contributed by atoms with Gasteiger partial charge >= 0.3 is 12.1 Å². The molecule has 0 rings (SSSR count). The molecule has 0 aliphatic rings. The first-order valence-corrected chi connectivity index (χ1v) is 5.33. The Morgan fingerprint density at radius 2 is 1.75 bits per heavy atom. The predicted molar refractivity (Wildman–Crippen MR) is 62.6 cm³/mol. The Balaban J connectivity index is 0. The maximum atomic E-state index is 9.99. The number of carboxylic acid groups (broad SMARTS) is 2. The van der Waals surface area contributed by atoms with E-state index >= 15 is 0 Å². The fourth-order valence-electron chi connectivity index (χ4n) is 0.781. The molecule has 0 aromatic heterocycles. The lowest BCUT2D eigenvalue weighted by atomic mass is 10.2. The summed E-state index contributed by atoms with van der Waals surface area (Å²) in [5.74, 6) is -0.883. The normalized spacial score (nSPS) is 8.62. The van der Waals surface area contributed by atoms with Crippen molar-refractivity contribution in [3.63, 3.8) is 0 Å². The van der Waals surface area contributed by atoms with Gasteiger partial charge in [-0.05, 0) is 12.8 Å². The Hall–Kier alpha value is -1.52. The van der Waals surface area contributed by atoms with Crippen LogP contribution in [0.2, 0.25) is 0 Å². The van der Waals surface area contributed by atoms with Crippen LogP contribution in [0.1, 0.15) is 39.5 Å². The molecule has 0 fully saturated rings. The van der Waals surface area contributed by atoms with Gasteiger partial charge in [-0.15, -0.1) is 0 Å². The van der Waals surface area contributed by atoms with Crippen LogP contribution in [0.5, 0.6) is 0 Å². The van der Waals surface area contributed by atoms with Gasteiger partial charge in [0.25, 0.3) is 0 Å². The van der Waals surface area contributed by atoms with Crippen LogP contribution in [0.4, 0.5) is 4.79 Å². The summed E-state index contributed by atoms with van der Waals surface area (Å²) >= 11 is 0. The van der Waals surface area contributed by atoms with Crippen LogP contribution in [0, 0.1) is 0 Å². The molecule has 0 aliphatic heterocycles. The van der Waals surface area contributed by atoms with E-state index in [9.17, 15) is 9.59 Å². The van der Waals surface area contributed by atoms with Gasteiger partial charge in [-0.1, -0.05) is 33.3 Å². The third kappa shape index (κ3) is 15.0. The molecule has 0 atom stereocenters. The Labute approximate surface area is 96.2 Å². The van der Waals surface area contributed by atoms with E-state index in [1.807, 2.05) is 13.8 Å². The number of amides is 1. The van der Waals surface area contributed by atoms with Gasteiger partial charge in [0.2, 0.25) is 0 Å². The van der Waals surface area contributed by atoms with Crippen molar-refractivity contribution in [3.8, 4) is 0 Å².